The fourth-order valence-corrected chi connectivity index (χ4v) is 0. The second-order valence-electron chi connectivity index (χ2n) is 0.447. The Hall–Kier alpha value is -0.310. The molecular formula is C2H3N2NaO3. The molecule has 0 aromatic rings. The minimum atomic E-state index is -1.75. The van der Waals surface area contributed by atoms with E-state index >= 15 is 0 Å². The molecule has 0 fully saturated rings. The fourth-order valence-electron chi connectivity index (χ4n) is 0. The molecule has 0 bridgehead atoms. The van der Waals surface area contributed by atoms with Gasteiger partial charge in [-0.25, -0.2) is 0 Å². The van der Waals surface area contributed by atoms with Crippen LogP contribution in [0.4, 0.5) is 0 Å². The van der Waals surface area contributed by atoms with Gasteiger partial charge < -0.3 is 15.3 Å². The van der Waals surface area contributed by atoms with Crippen LogP contribution in [0, 0.1) is 26.7 Å². The molecule has 0 amide bonds. The van der Waals surface area contributed by atoms with Crippen molar-refractivity contribution in [3.63, 3.8) is 0 Å². The van der Waals surface area contributed by atoms with Crippen LogP contribution in [0.25, 0.3) is 0 Å². The van der Waals surface area contributed by atoms with Crippen molar-refractivity contribution in [1.82, 2.24) is 0 Å². The van der Waals surface area contributed by atoms with E-state index in [1.54, 1.807) is 6.07 Å². The van der Waals surface area contributed by atoms with Gasteiger partial charge >= 0.3 is 29.6 Å². The van der Waals surface area contributed by atoms with Crippen molar-refractivity contribution in [2.75, 3.05) is 0 Å². The van der Waals surface area contributed by atoms with Gasteiger partial charge in [0.15, 0.2) is 0 Å². The molecule has 6 heteroatoms. The maximum atomic E-state index is 8.25. The van der Waals surface area contributed by atoms with Crippen LogP contribution in [0.1, 0.15) is 6.92 Å². The van der Waals surface area contributed by atoms with Crippen molar-refractivity contribution < 1.29 is 34.6 Å². The quantitative estimate of drug-likeness (QED) is 0.200. The maximum Gasteiger partial charge on any atom is 1.00 e. The molecule has 0 aliphatic heterocycles. The molecule has 0 atom stereocenters. The molecule has 0 aromatic carbocycles. The zero-order chi connectivity index (χ0) is 6.28. The van der Waals surface area contributed by atoms with E-state index in [1.807, 2.05) is 0 Å². The average molecular weight is 126 g/mol. The molecule has 0 aromatic heterocycles. The van der Waals surface area contributed by atoms with Crippen LogP contribution in [0.2, 0.25) is 0 Å². The van der Waals surface area contributed by atoms with Gasteiger partial charge in [0, 0.05) is 6.92 Å². The van der Waals surface area contributed by atoms with Gasteiger partial charge in [-0.1, -0.05) is 0 Å². The van der Waals surface area contributed by atoms with E-state index in [-0.39, 0.29) is 29.6 Å². The van der Waals surface area contributed by atoms with E-state index in [0.717, 1.165) is 0 Å². The number of rotatable bonds is 0. The monoisotopic (exact) mass is 126 g/mol. The third kappa shape index (κ3) is 1300. The minimum Gasteiger partial charge on any atom is -0.356 e. The summed E-state index contributed by atoms with van der Waals surface area (Å²) in [5, 5.41) is 22.1. The SMILES string of the molecule is CC#N.O=[N+]([O-])[O-].[Na+]. The first-order chi connectivity index (χ1) is 3.15. The molecule has 8 heavy (non-hydrogen) atoms. The number of hydrogen-bond donors (Lipinski definition) is 0. The Kier molecular flexibility index (Phi) is 31.1. The van der Waals surface area contributed by atoms with E-state index in [9.17, 15) is 0 Å². The molecule has 0 saturated carbocycles. The van der Waals surface area contributed by atoms with Crippen LogP contribution in [0.5, 0.6) is 0 Å². The van der Waals surface area contributed by atoms with Gasteiger partial charge in [-0.05, 0) is 0 Å². The second kappa shape index (κ2) is 15.9. The van der Waals surface area contributed by atoms with Gasteiger partial charge in [0.25, 0.3) is 0 Å². The zero-order valence-electron chi connectivity index (χ0n) is 4.62. The Bertz CT molecular complexity index is 83.8. The van der Waals surface area contributed by atoms with E-state index in [1.165, 1.54) is 6.92 Å². The van der Waals surface area contributed by atoms with Crippen LogP contribution in [-0.2, 0) is 0 Å². The second-order valence-corrected chi connectivity index (χ2v) is 0.447. The van der Waals surface area contributed by atoms with Crippen LogP contribution < -0.4 is 29.6 Å². The summed E-state index contributed by atoms with van der Waals surface area (Å²) in [7, 11) is 0. The van der Waals surface area contributed by atoms with Crippen molar-refractivity contribution in [3.8, 4) is 6.07 Å². The maximum absolute atomic E-state index is 8.25. The summed E-state index contributed by atoms with van der Waals surface area (Å²) in [4.78, 5) is 8.25. The van der Waals surface area contributed by atoms with Crippen LogP contribution in [0.3, 0.4) is 0 Å². The van der Waals surface area contributed by atoms with Crippen molar-refractivity contribution in [2.24, 2.45) is 0 Å². The van der Waals surface area contributed by atoms with Crippen molar-refractivity contribution in [1.29, 1.82) is 5.26 Å². The molecule has 0 aliphatic rings. The molecule has 0 rings (SSSR count). The zero-order valence-corrected chi connectivity index (χ0v) is 6.62. The van der Waals surface area contributed by atoms with Gasteiger partial charge in [-0.15, -0.1) is 0 Å². The van der Waals surface area contributed by atoms with E-state index in [2.05, 4.69) is 0 Å². The summed E-state index contributed by atoms with van der Waals surface area (Å²) in [6.45, 7) is 1.43. The number of nitriles is 1. The van der Waals surface area contributed by atoms with Gasteiger partial charge in [-0.3, -0.25) is 0 Å². The van der Waals surface area contributed by atoms with Crippen LogP contribution >= 0.6 is 0 Å². The molecule has 0 radical (unpaired) electrons. The molecule has 0 aliphatic carbocycles. The van der Waals surface area contributed by atoms with Gasteiger partial charge in [-0.2, -0.15) is 5.26 Å². The van der Waals surface area contributed by atoms with Crippen molar-refractivity contribution >= 4 is 0 Å². The summed E-state index contributed by atoms with van der Waals surface area (Å²) in [6.07, 6.45) is 0. The molecule has 0 saturated heterocycles. The molecule has 0 spiro atoms. The van der Waals surface area contributed by atoms with E-state index < -0.39 is 5.09 Å². The smallest absolute Gasteiger partial charge is 0.356 e. The summed E-state index contributed by atoms with van der Waals surface area (Å²) in [5.41, 5.74) is 0. The summed E-state index contributed by atoms with van der Waals surface area (Å²) in [5.74, 6) is 0. The minimum absolute atomic E-state index is 0. The predicted octanol–water partition coefficient (Wildman–Crippen LogP) is -2.71. The Morgan fingerprint density at radius 2 is 1.62 bits per heavy atom. The first kappa shape index (κ1) is 15.6. The number of hydrogen-bond acceptors (Lipinski definition) is 4. The van der Waals surface area contributed by atoms with Crippen LogP contribution in [0.15, 0.2) is 0 Å². The Morgan fingerprint density at radius 3 is 1.62 bits per heavy atom. The van der Waals surface area contributed by atoms with Gasteiger partial charge in [0.2, 0.25) is 0 Å². The third-order valence-electron chi connectivity index (χ3n) is 0. The molecular weight excluding hydrogens is 123 g/mol. The molecule has 40 valence electrons. The molecule has 0 heterocycles. The molecule has 0 unspecified atom stereocenters. The topological polar surface area (TPSA) is 90.0 Å². The Labute approximate surface area is 68.3 Å². The number of nitrogens with zero attached hydrogens (tertiary/aromatic N) is 2. The normalized spacial score (nSPS) is 4.00. The van der Waals surface area contributed by atoms with Crippen molar-refractivity contribution in [2.45, 2.75) is 6.92 Å². The fraction of sp³-hybridized carbons (Fsp3) is 0.500. The Balaban J connectivity index is -0.0000000575. The molecule has 0 N–H and O–H groups in total. The van der Waals surface area contributed by atoms with Gasteiger partial charge in [0.1, 0.15) is 0 Å². The summed E-state index contributed by atoms with van der Waals surface area (Å²) >= 11 is 0. The van der Waals surface area contributed by atoms with E-state index in [4.69, 9.17) is 20.6 Å². The third-order valence-corrected chi connectivity index (χ3v) is 0. The Morgan fingerprint density at radius 1 is 1.62 bits per heavy atom. The van der Waals surface area contributed by atoms with E-state index in [0.29, 0.717) is 0 Å². The molecule has 5 nitrogen and oxygen atoms in total. The first-order valence-electron chi connectivity index (χ1n) is 1.27. The summed E-state index contributed by atoms with van der Waals surface area (Å²) < 4.78 is 0. The average Bonchev–Trinajstić information content (AvgIpc) is 1.33. The van der Waals surface area contributed by atoms with Crippen molar-refractivity contribution in [3.05, 3.63) is 15.3 Å². The largest absolute Gasteiger partial charge is 1.00 e. The summed E-state index contributed by atoms with van der Waals surface area (Å²) in [6, 6.07) is 1.75. The van der Waals surface area contributed by atoms with Crippen LogP contribution in [-0.4, -0.2) is 5.09 Å². The standard InChI is InChI=1S/C2H3N.NO3.Na/c1-2-3;2-1(3)4;/h1H3;;/q;-1;+1. The predicted molar refractivity (Wildman–Crippen MR) is 21.6 cm³/mol. The van der Waals surface area contributed by atoms with Gasteiger partial charge in [0.05, 0.1) is 11.2 Å². The first-order valence-corrected chi connectivity index (χ1v) is 1.27.